The Labute approximate surface area is 147 Å². The van der Waals surface area contributed by atoms with Crippen LogP contribution in [0, 0.1) is 0 Å². The number of sulfone groups is 1. The number of aromatic amines is 1. The summed E-state index contributed by atoms with van der Waals surface area (Å²) in [6.07, 6.45) is 1.12. The summed E-state index contributed by atoms with van der Waals surface area (Å²) < 4.78 is 39.3. The predicted molar refractivity (Wildman–Crippen MR) is 95.4 cm³/mol. The molecule has 0 aliphatic rings. The first kappa shape index (κ1) is 18.1. The number of hydrogen-bond donors (Lipinski definition) is 1. The first-order chi connectivity index (χ1) is 12.1. The maximum absolute atomic E-state index is 14.2. The third-order valence-electron chi connectivity index (χ3n) is 4.04. The fourth-order valence-electron chi connectivity index (χ4n) is 2.86. The maximum atomic E-state index is 14.2. The molecule has 0 bridgehead atoms. The Balaban J connectivity index is 2.39. The number of H-pyrrole nitrogens is 1. The number of fused-ring (bicyclic) bond motifs is 1. The molecule has 0 aliphatic carbocycles. The van der Waals surface area contributed by atoms with Gasteiger partial charge >= 0.3 is 5.69 Å². The molecule has 1 aromatic carbocycles. The zero-order valence-corrected chi connectivity index (χ0v) is 15.2. The molecule has 3 rings (SSSR count). The average molecular weight is 380 g/mol. The molecule has 0 saturated carbocycles. The van der Waals surface area contributed by atoms with E-state index in [0.29, 0.717) is 15.8 Å². The van der Waals surface area contributed by atoms with Gasteiger partial charge in [0.05, 0.1) is 16.6 Å². The van der Waals surface area contributed by atoms with Gasteiger partial charge in [-0.25, -0.2) is 22.2 Å². The quantitative estimate of drug-likeness (QED) is 0.730. The summed E-state index contributed by atoms with van der Waals surface area (Å²) in [5, 5.41) is 4.14. The molecule has 0 radical (unpaired) electrons. The molecule has 0 spiro atoms. The number of hydrogen-bond acceptors (Lipinski definition) is 5. The molecule has 0 saturated heterocycles. The van der Waals surface area contributed by atoms with Crippen LogP contribution in [0.2, 0.25) is 0 Å². The highest BCUT2D eigenvalue weighted by atomic mass is 32.2. The van der Waals surface area contributed by atoms with Gasteiger partial charge in [0.15, 0.2) is 9.84 Å². The SMILES string of the molecule is CC(F)c1cc2[nH]c(=O)n(CS(C)(=O)=O)c(=O)c2cc1-c1ccnn1C. The summed E-state index contributed by atoms with van der Waals surface area (Å²) >= 11 is 0. The van der Waals surface area contributed by atoms with Crippen LogP contribution in [0.25, 0.3) is 22.2 Å². The molecular formula is C16H17FN4O4S. The minimum atomic E-state index is -3.60. The molecule has 2 aromatic heterocycles. The molecule has 26 heavy (non-hydrogen) atoms. The molecule has 1 N–H and O–H groups in total. The van der Waals surface area contributed by atoms with E-state index >= 15 is 0 Å². The summed E-state index contributed by atoms with van der Waals surface area (Å²) in [5.74, 6) is -0.737. The summed E-state index contributed by atoms with van der Waals surface area (Å²) in [4.78, 5) is 27.3. The second-order valence-corrected chi connectivity index (χ2v) is 8.27. The molecule has 1 atom stereocenters. The van der Waals surface area contributed by atoms with E-state index in [9.17, 15) is 22.4 Å². The molecule has 3 aromatic rings. The lowest BCUT2D eigenvalue weighted by atomic mass is 9.98. The fourth-order valence-corrected chi connectivity index (χ4v) is 3.56. The van der Waals surface area contributed by atoms with Crippen LogP contribution in [-0.2, 0) is 22.8 Å². The summed E-state index contributed by atoms with van der Waals surface area (Å²) in [5.41, 5.74) is -0.143. The minimum absolute atomic E-state index is 0.0915. The van der Waals surface area contributed by atoms with Crippen molar-refractivity contribution < 1.29 is 12.8 Å². The lowest BCUT2D eigenvalue weighted by Crippen LogP contribution is -2.37. The van der Waals surface area contributed by atoms with Crippen LogP contribution in [0.1, 0.15) is 18.7 Å². The number of halogens is 1. The topological polar surface area (TPSA) is 107 Å². The van der Waals surface area contributed by atoms with Crippen molar-refractivity contribution >= 4 is 20.7 Å². The maximum Gasteiger partial charge on any atom is 0.329 e. The highest BCUT2D eigenvalue weighted by Gasteiger charge is 2.19. The molecule has 8 nitrogen and oxygen atoms in total. The lowest BCUT2D eigenvalue weighted by Gasteiger charge is -2.13. The van der Waals surface area contributed by atoms with Crippen LogP contribution in [-0.4, -0.2) is 34.0 Å². The Hall–Kier alpha value is -2.75. The predicted octanol–water partition coefficient (Wildman–Crippen LogP) is 1.12. The van der Waals surface area contributed by atoms with E-state index in [2.05, 4.69) is 10.1 Å². The van der Waals surface area contributed by atoms with Gasteiger partial charge in [0, 0.05) is 25.1 Å². The van der Waals surface area contributed by atoms with E-state index in [-0.39, 0.29) is 16.5 Å². The highest BCUT2D eigenvalue weighted by Crippen LogP contribution is 2.32. The number of alkyl halides is 1. The van der Waals surface area contributed by atoms with Crippen molar-refractivity contribution in [3.05, 3.63) is 50.8 Å². The van der Waals surface area contributed by atoms with Crippen molar-refractivity contribution in [1.82, 2.24) is 19.3 Å². The van der Waals surface area contributed by atoms with Gasteiger partial charge in [-0.1, -0.05) is 0 Å². The summed E-state index contributed by atoms with van der Waals surface area (Å²) in [7, 11) is -1.92. The molecule has 0 amide bonds. The van der Waals surface area contributed by atoms with Gasteiger partial charge in [0.25, 0.3) is 5.56 Å². The van der Waals surface area contributed by atoms with Crippen molar-refractivity contribution in [2.75, 3.05) is 6.26 Å². The second-order valence-electron chi connectivity index (χ2n) is 6.16. The molecule has 0 fully saturated rings. The first-order valence-electron chi connectivity index (χ1n) is 7.69. The van der Waals surface area contributed by atoms with Crippen molar-refractivity contribution in [2.45, 2.75) is 19.0 Å². The van der Waals surface area contributed by atoms with E-state index in [1.54, 1.807) is 19.3 Å². The van der Waals surface area contributed by atoms with Gasteiger partial charge in [-0.2, -0.15) is 5.10 Å². The number of nitrogens with zero attached hydrogens (tertiary/aromatic N) is 3. The lowest BCUT2D eigenvalue weighted by molar-refractivity contribution is 0.375. The third-order valence-corrected chi connectivity index (χ3v) is 4.77. The second kappa shape index (κ2) is 6.20. The zero-order valence-electron chi connectivity index (χ0n) is 14.4. The molecular weight excluding hydrogens is 363 g/mol. The van der Waals surface area contributed by atoms with Crippen LogP contribution in [0.3, 0.4) is 0 Å². The Morgan fingerprint density at radius 2 is 2.00 bits per heavy atom. The Morgan fingerprint density at radius 1 is 1.31 bits per heavy atom. The van der Waals surface area contributed by atoms with E-state index in [1.807, 2.05) is 0 Å². The molecule has 1 unspecified atom stereocenters. The zero-order chi connectivity index (χ0) is 19.2. The molecule has 138 valence electrons. The number of benzene rings is 1. The third kappa shape index (κ3) is 3.19. The number of aromatic nitrogens is 4. The Morgan fingerprint density at radius 3 is 2.54 bits per heavy atom. The van der Waals surface area contributed by atoms with Crippen molar-refractivity contribution in [2.24, 2.45) is 7.05 Å². The van der Waals surface area contributed by atoms with Gasteiger partial charge in [0.2, 0.25) is 0 Å². The first-order valence-corrected chi connectivity index (χ1v) is 9.75. The normalized spacial score (nSPS) is 13.2. The molecule has 10 heteroatoms. The average Bonchev–Trinajstić information content (AvgIpc) is 2.95. The van der Waals surface area contributed by atoms with Crippen LogP contribution in [0.4, 0.5) is 4.39 Å². The standard InChI is InChI=1S/C16H17FN4O4S/c1-9(17)10-7-13-12(6-11(10)14-4-5-18-20(14)2)15(22)21(16(23)19-13)8-26(3,24)25/h4-7,9H,8H2,1-3H3,(H,19,23). The van der Waals surface area contributed by atoms with E-state index in [1.165, 1.54) is 23.7 Å². The van der Waals surface area contributed by atoms with Gasteiger partial charge in [-0.05, 0) is 30.7 Å². The van der Waals surface area contributed by atoms with Crippen molar-refractivity contribution in [3.8, 4) is 11.3 Å². The largest absolute Gasteiger partial charge is 0.329 e. The minimum Gasteiger partial charge on any atom is -0.307 e. The molecule has 0 aliphatic heterocycles. The summed E-state index contributed by atoms with van der Waals surface area (Å²) in [6.45, 7) is 1.35. The van der Waals surface area contributed by atoms with Crippen LogP contribution in [0.5, 0.6) is 0 Å². The van der Waals surface area contributed by atoms with E-state index in [4.69, 9.17) is 0 Å². The van der Waals surface area contributed by atoms with Gasteiger partial charge in [-0.3, -0.25) is 9.48 Å². The van der Waals surface area contributed by atoms with E-state index in [0.717, 1.165) is 6.26 Å². The van der Waals surface area contributed by atoms with Gasteiger partial charge in [0.1, 0.15) is 12.0 Å². The van der Waals surface area contributed by atoms with Crippen LogP contribution >= 0.6 is 0 Å². The number of rotatable bonds is 4. The number of aryl methyl sites for hydroxylation is 1. The fraction of sp³-hybridized carbons (Fsp3) is 0.312. The highest BCUT2D eigenvalue weighted by molar-refractivity contribution is 7.89. The van der Waals surface area contributed by atoms with E-state index < -0.39 is 33.1 Å². The Bertz CT molecular complexity index is 1220. The van der Waals surface area contributed by atoms with Gasteiger partial charge < -0.3 is 4.98 Å². The van der Waals surface area contributed by atoms with Crippen molar-refractivity contribution in [3.63, 3.8) is 0 Å². The monoisotopic (exact) mass is 380 g/mol. The smallest absolute Gasteiger partial charge is 0.307 e. The Kier molecular flexibility index (Phi) is 4.31. The van der Waals surface area contributed by atoms with Crippen LogP contribution < -0.4 is 11.2 Å². The number of nitrogens with one attached hydrogen (secondary N) is 1. The van der Waals surface area contributed by atoms with Crippen molar-refractivity contribution in [1.29, 1.82) is 0 Å². The summed E-state index contributed by atoms with van der Waals surface area (Å²) in [6, 6.07) is 4.53. The van der Waals surface area contributed by atoms with Gasteiger partial charge in [-0.15, -0.1) is 0 Å². The van der Waals surface area contributed by atoms with Crippen LogP contribution in [0.15, 0.2) is 34.0 Å². The molecule has 2 heterocycles.